The molecule has 2 nitrogen and oxygen atoms in total. The molecule has 0 fully saturated rings. The third kappa shape index (κ3) is 5.55. The zero-order valence-electron chi connectivity index (χ0n) is 35.9. The zero-order chi connectivity index (χ0) is 43.3. The van der Waals surface area contributed by atoms with E-state index < -0.39 is 0 Å². The second-order valence-corrected chi connectivity index (χ2v) is 17.6. The molecule has 0 N–H and O–H groups in total. The lowest BCUT2D eigenvalue weighted by molar-refractivity contribution is 0.669. The van der Waals surface area contributed by atoms with Gasteiger partial charge in [-0.15, -0.1) is 0 Å². The molecule has 14 rings (SSSR count). The molecule has 0 aliphatic rings. The topological polar surface area (TPSA) is 18.1 Å². The number of para-hydroxylation sites is 2. The lowest BCUT2D eigenvalue weighted by atomic mass is 9.83. The van der Waals surface area contributed by atoms with E-state index >= 15 is 0 Å². The smallest absolute Gasteiger partial charge is 0.136 e. The predicted octanol–water partition coefficient (Wildman–Crippen LogP) is 17.9. The van der Waals surface area contributed by atoms with Crippen LogP contribution < -0.4 is 0 Å². The molecule has 0 aliphatic carbocycles. The van der Waals surface area contributed by atoms with Crippen molar-refractivity contribution in [2.45, 2.75) is 0 Å². The summed E-state index contributed by atoms with van der Waals surface area (Å²) in [5, 5.41) is 12.3. The number of nitrogens with zero attached hydrogens (tertiary/aromatic N) is 1. The van der Waals surface area contributed by atoms with Gasteiger partial charge in [-0.3, -0.25) is 0 Å². The highest BCUT2D eigenvalue weighted by molar-refractivity contribution is 6.30. The number of hydrogen-bond donors (Lipinski definition) is 0. The molecule has 2 aromatic heterocycles. The summed E-state index contributed by atoms with van der Waals surface area (Å²) < 4.78 is 8.79. The maximum Gasteiger partial charge on any atom is 0.136 e. The fourth-order valence-electron chi connectivity index (χ4n) is 10.9. The molecule has 0 saturated heterocycles. The van der Waals surface area contributed by atoms with Crippen LogP contribution in [0.2, 0.25) is 0 Å². The molecule has 0 unspecified atom stereocenters. The molecule has 0 saturated carbocycles. The molecule has 2 heterocycles. The van der Waals surface area contributed by atoms with Gasteiger partial charge in [0, 0.05) is 27.2 Å². The third-order valence-corrected chi connectivity index (χ3v) is 14.0. The molecule has 0 amide bonds. The molecule has 306 valence electrons. The van der Waals surface area contributed by atoms with Crippen LogP contribution in [-0.4, -0.2) is 4.57 Å². The molecule has 0 atom stereocenters. The molecule has 0 spiro atoms. The molecule has 12 aromatic carbocycles. The van der Waals surface area contributed by atoms with Crippen LogP contribution in [0.4, 0.5) is 0 Å². The standard InChI is InChI=1S/C64H39NO/c1-4-15-40(16-5-1)54-36-45(44-21-14-22-46(35-44)65-59-25-12-10-23-49(59)57-39-62-58(38-60(57)65)50-24-11-13-26-61(50)66-62)29-31-48(54)47-30-27-43-28-32-52-55(41-17-6-2-7-18-41)37-56(42-19-8-3-9-20-42)53-34-33-51(47)63(43)64(52)53/h1-39H. The summed E-state index contributed by atoms with van der Waals surface area (Å²) in [6.07, 6.45) is 0. The van der Waals surface area contributed by atoms with Gasteiger partial charge < -0.3 is 8.98 Å². The van der Waals surface area contributed by atoms with Crippen molar-refractivity contribution < 1.29 is 4.42 Å². The number of benzene rings is 12. The summed E-state index contributed by atoms with van der Waals surface area (Å²) in [6.45, 7) is 0. The normalized spacial score (nSPS) is 11.9. The van der Waals surface area contributed by atoms with Crippen molar-refractivity contribution in [1.29, 1.82) is 0 Å². The first kappa shape index (κ1) is 36.7. The van der Waals surface area contributed by atoms with E-state index in [0.29, 0.717) is 0 Å². The Morgan fingerprint density at radius 3 is 1.58 bits per heavy atom. The zero-order valence-corrected chi connectivity index (χ0v) is 35.9. The Balaban J connectivity index is 0.966. The van der Waals surface area contributed by atoms with Crippen LogP contribution in [0.15, 0.2) is 241 Å². The molecule has 0 radical (unpaired) electrons. The molecule has 0 bridgehead atoms. The number of hydrogen-bond acceptors (Lipinski definition) is 1. The van der Waals surface area contributed by atoms with Crippen molar-refractivity contribution >= 4 is 76.1 Å². The van der Waals surface area contributed by atoms with Crippen LogP contribution in [0, 0.1) is 0 Å². The molecular formula is C64H39NO. The molecule has 2 heteroatoms. The molecular weight excluding hydrogens is 799 g/mol. The first-order valence-electron chi connectivity index (χ1n) is 22.7. The van der Waals surface area contributed by atoms with Crippen molar-refractivity contribution in [3.63, 3.8) is 0 Å². The van der Waals surface area contributed by atoms with Crippen LogP contribution >= 0.6 is 0 Å². The fourth-order valence-corrected chi connectivity index (χ4v) is 10.9. The maximum atomic E-state index is 6.38. The Bertz CT molecular complexity index is 4140. The summed E-state index contributed by atoms with van der Waals surface area (Å²) in [5.74, 6) is 0. The van der Waals surface area contributed by atoms with Gasteiger partial charge in [-0.1, -0.05) is 188 Å². The van der Waals surface area contributed by atoms with E-state index in [1.165, 1.54) is 98.7 Å². The van der Waals surface area contributed by atoms with Crippen molar-refractivity contribution in [3.05, 3.63) is 237 Å². The predicted molar refractivity (Wildman–Crippen MR) is 279 cm³/mol. The van der Waals surface area contributed by atoms with Crippen LogP contribution in [0.5, 0.6) is 0 Å². The van der Waals surface area contributed by atoms with Crippen LogP contribution in [0.1, 0.15) is 0 Å². The maximum absolute atomic E-state index is 6.38. The number of furan rings is 1. The van der Waals surface area contributed by atoms with Gasteiger partial charge in [-0.05, 0) is 136 Å². The third-order valence-electron chi connectivity index (χ3n) is 14.0. The first-order chi connectivity index (χ1) is 32.7. The largest absolute Gasteiger partial charge is 0.456 e. The summed E-state index contributed by atoms with van der Waals surface area (Å²) in [6, 6.07) is 86.7. The highest BCUT2D eigenvalue weighted by atomic mass is 16.3. The Labute approximate surface area is 381 Å². The van der Waals surface area contributed by atoms with Crippen LogP contribution in [-0.2, 0) is 0 Å². The van der Waals surface area contributed by atoms with Gasteiger partial charge in [0.25, 0.3) is 0 Å². The van der Waals surface area contributed by atoms with E-state index in [2.05, 4.69) is 235 Å². The highest BCUT2D eigenvalue weighted by Crippen LogP contribution is 2.48. The van der Waals surface area contributed by atoms with Crippen molar-refractivity contribution in [2.75, 3.05) is 0 Å². The molecule has 0 aliphatic heterocycles. The minimum absolute atomic E-state index is 0.909. The van der Waals surface area contributed by atoms with Crippen LogP contribution in [0.3, 0.4) is 0 Å². The first-order valence-corrected chi connectivity index (χ1v) is 22.7. The average Bonchev–Trinajstić information content (AvgIpc) is 3.92. The number of rotatable bonds is 6. The SMILES string of the molecule is c1ccc(-c2cc(-c3cccc(-n4c5ccccc5c5cc6oc7ccccc7c6cc54)c3)ccc2-c2ccc3ccc4c(-c5ccccc5)cc(-c5ccccc5)c5ccc2c3c45)cc1. The lowest BCUT2D eigenvalue weighted by Gasteiger charge is -2.20. The van der Waals surface area contributed by atoms with Gasteiger partial charge in [-0.25, -0.2) is 0 Å². The molecule has 14 aromatic rings. The van der Waals surface area contributed by atoms with E-state index in [-0.39, 0.29) is 0 Å². The van der Waals surface area contributed by atoms with E-state index in [9.17, 15) is 0 Å². The summed E-state index contributed by atoms with van der Waals surface area (Å²) in [4.78, 5) is 0. The molecule has 66 heavy (non-hydrogen) atoms. The monoisotopic (exact) mass is 837 g/mol. The van der Waals surface area contributed by atoms with E-state index in [0.717, 1.165) is 38.7 Å². The highest BCUT2D eigenvalue weighted by Gasteiger charge is 2.21. The van der Waals surface area contributed by atoms with Gasteiger partial charge in [0.2, 0.25) is 0 Å². The quantitative estimate of drug-likeness (QED) is 0.153. The average molecular weight is 838 g/mol. The summed E-state index contributed by atoms with van der Waals surface area (Å²) >= 11 is 0. The van der Waals surface area contributed by atoms with E-state index in [1.807, 2.05) is 6.07 Å². The minimum atomic E-state index is 0.909. The van der Waals surface area contributed by atoms with Crippen molar-refractivity contribution in [1.82, 2.24) is 4.57 Å². The van der Waals surface area contributed by atoms with Gasteiger partial charge in [-0.2, -0.15) is 0 Å². The Morgan fingerprint density at radius 1 is 0.258 bits per heavy atom. The van der Waals surface area contributed by atoms with Gasteiger partial charge in [0.1, 0.15) is 11.2 Å². The Hall–Kier alpha value is -8.72. The summed E-state index contributed by atoms with van der Waals surface area (Å²) in [5.41, 5.74) is 17.4. The Morgan fingerprint density at radius 2 is 0.833 bits per heavy atom. The number of aromatic nitrogens is 1. The number of fused-ring (bicyclic) bond motifs is 6. The van der Waals surface area contributed by atoms with Crippen molar-refractivity contribution in [2.24, 2.45) is 0 Å². The Kier molecular flexibility index (Phi) is 8.02. The summed E-state index contributed by atoms with van der Waals surface area (Å²) in [7, 11) is 0. The van der Waals surface area contributed by atoms with Gasteiger partial charge in [0.15, 0.2) is 0 Å². The minimum Gasteiger partial charge on any atom is -0.456 e. The van der Waals surface area contributed by atoms with Crippen LogP contribution in [0.25, 0.3) is 137 Å². The second-order valence-electron chi connectivity index (χ2n) is 17.6. The van der Waals surface area contributed by atoms with E-state index in [1.54, 1.807) is 0 Å². The van der Waals surface area contributed by atoms with Crippen molar-refractivity contribution in [3.8, 4) is 61.3 Å². The van der Waals surface area contributed by atoms with Gasteiger partial charge >= 0.3 is 0 Å². The fraction of sp³-hybridized carbons (Fsp3) is 0. The van der Waals surface area contributed by atoms with Gasteiger partial charge in [0.05, 0.1) is 11.0 Å². The van der Waals surface area contributed by atoms with E-state index in [4.69, 9.17) is 4.42 Å². The second kappa shape index (κ2) is 14.4. The lowest BCUT2D eigenvalue weighted by Crippen LogP contribution is -1.95.